The summed E-state index contributed by atoms with van der Waals surface area (Å²) in [4.78, 5) is 11.4. The van der Waals surface area contributed by atoms with Crippen LogP contribution in [0.25, 0.3) is 0 Å². The summed E-state index contributed by atoms with van der Waals surface area (Å²) >= 11 is 0. The van der Waals surface area contributed by atoms with Gasteiger partial charge >= 0.3 is 0 Å². The van der Waals surface area contributed by atoms with Crippen LogP contribution in [0.1, 0.15) is 13.3 Å². The molecule has 1 amide bonds. The summed E-state index contributed by atoms with van der Waals surface area (Å²) in [5, 5.41) is 6.73. The van der Waals surface area contributed by atoms with Crippen LogP contribution < -0.4 is 10.6 Å². The molecule has 3 nitrogen and oxygen atoms in total. The minimum absolute atomic E-state index is 0.156. The molecular formula is C8H16N2OS2. The lowest BCUT2D eigenvalue weighted by molar-refractivity contribution is -0.120. The quantitative estimate of drug-likeness (QED) is 0.690. The van der Waals surface area contributed by atoms with Crippen molar-refractivity contribution in [2.24, 2.45) is 0 Å². The molecule has 0 aromatic rings. The van der Waals surface area contributed by atoms with E-state index in [1.165, 1.54) is 0 Å². The molecule has 1 fully saturated rings. The Labute approximate surface area is 87.2 Å². The van der Waals surface area contributed by atoms with E-state index in [1.807, 2.05) is 24.8 Å². The fourth-order valence-electron chi connectivity index (χ4n) is 1.25. The summed E-state index contributed by atoms with van der Waals surface area (Å²) in [6.07, 6.45) is 0.988. The van der Waals surface area contributed by atoms with Gasteiger partial charge in [-0.1, -0.05) is 21.6 Å². The van der Waals surface area contributed by atoms with E-state index in [0.29, 0.717) is 5.25 Å². The minimum Gasteiger partial charge on any atom is -0.355 e. The molecule has 0 aliphatic carbocycles. The number of hydrogen-bond acceptors (Lipinski definition) is 4. The lowest BCUT2D eigenvalue weighted by Gasteiger charge is -2.08. The molecule has 0 spiro atoms. The normalized spacial score (nSPS) is 27.5. The predicted octanol–water partition coefficient (Wildman–Crippen LogP) is 0.864. The van der Waals surface area contributed by atoms with Crippen molar-refractivity contribution in [1.82, 2.24) is 10.6 Å². The molecule has 1 saturated heterocycles. The van der Waals surface area contributed by atoms with E-state index in [9.17, 15) is 4.79 Å². The maximum atomic E-state index is 11.4. The first kappa shape index (κ1) is 11.2. The summed E-state index contributed by atoms with van der Waals surface area (Å²) in [5.41, 5.74) is 0. The molecule has 0 radical (unpaired) electrons. The Balaban J connectivity index is 2.27. The van der Waals surface area contributed by atoms with Crippen molar-refractivity contribution in [3.05, 3.63) is 0 Å². The summed E-state index contributed by atoms with van der Waals surface area (Å²) < 4.78 is 0. The molecular weight excluding hydrogens is 204 g/mol. The summed E-state index contributed by atoms with van der Waals surface area (Å²) in [6, 6.07) is 0. The van der Waals surface area contributed by atoms with Gasteiger partial charge in [0.25, 0.3) is 0 Å². The number of rotatable bonds is 4. The highest BCUT2D eigenvalue weighted by molar-refractivity contribution is 8.77. The zero-order chi connectivity index (χ0) is 9.68. The van der Waals surface area contributed by atoms with Crippen molar-refractivity contribution in [2.45, 2.75) is 23.8 Å². The Hall–Kier alpha value is 0.130. The van der Waals surface area contributed by atoms with E-state index in [0.717, 1.165) is 19.5 Å². The summed E-state index contributed by atoms with van der Waals surface area (Å²) in [6.45, 7) is 3.68. The van der Waals surface area contributed by atoms with Gasteiger partial charge in [-0.25, -0.2) is 0 Å². The van der Waals surface area contributed by atoms with E-state index in [2.05, 4.69) is 10.6 Å². The molecule has 1 aliphatic heterocycles. The molecule has 1 heterocycles. The zero-order valence-electron chi connectivity index (χ0n) is 8.00. The van der Waals surface area contributed by atoms with Crippen LogP contribution in [0.2, 0.25) is 0 Å². The molecule has 1 rings (SSSR count). The third-order valence-electron chi connectivity index (χ3n) is 1.86. The molecule has 1 aliphatic rings. The molecule has 76 valence electrons. The molecule has 2 atom stereocenters. The van der Waals surface area contributed by atoms with Crippen molar-refractivity contribution in [3.8, 4) is 0 Å². The SMILES string of the molecule is CCNC(=O)C1CC(CNC)SS1. The first-order valence-electron chi connectivity index (χ1n) is 4.52. The van der Waals surface area contributed by atoms with Crippen LogP contribution >= 0.6 is 21.6 Å². The average Bonchev–Trinajstić information content (AvgIpc) is 2.54. The average molecular weight is 220 g/mol. The van der Waals surface area contributed by atoms with E-state index < -0.39 is 0 Å². The van der Waals surface area contributed by atoms with Crippen LogP contribution in [0.15, 0.2) is 0 Å². The molecule has 2 unspecified atom stereocenters. The predicted molar refractivity (Wildman–Crippen MR) is 60.0 cm³/mol. The Morgan fingerprint density at radius 3 is 2.92 bits per heavy atom. The number of nitrogens with one attached hydrogen (secondary N) is 2. The van der Waals surface area contributed by atoms with E-state index in [4.69, 9.17) is 0 Å². The Kier molecular flexibility index (Phi) is 4.98. The van der Waals surface area contributed by atoms with Crippen LogP contribution in [0.3, 0.4) is 0 Å². The van der Waals surface area contributed by atoms with Crippen molar-refractivity contribution in [1.29, 1.82) is 0 Å². The number of carbonyl (C=O) groups excluding carboxylic acids is 1. The first-order valence-corrected chi connectivity index (χ1v) is 6.80. The zero-order valence-corrected chi connectivity index (χ0v) is 9.63. The largest absolute Gasteiger partial charge is 0.355 e. The highest BCUT2D eigenvalue weighted by Crippen LogP contribution is 2.43. The minimum atomic E-state index is 0.156. The third kappa shape index (κ3) is 3.40. The topological polar surface area (TPSA) is 41.1 Å². The fraction of sp³-hybridized carbons (Fsp3) is 0.875. The van der Waals surface area contributed by atoms with Crippen molar-refractivity contribution in [3.63, 3.8) is 0 Å². The van der Waals surface area contributed by atoms with Gasteiger partial charge in [0, 0.05) is 18.3 Å². The molecule has 5 heteroatoms. The standard InChI is InChI=1S/C8H16N2OS2/c1-3-10-8(11)7-4-6(5-9-2)12-13-7/h6-7,9H,3-5H2,1-2H3,(H,10,11). The number of carbonyl (C=O) groups is 1. The van der Waals surface area contributed by atoms with Gasteiger partial charge in [0.05, 0.1) is 5.25 Å². The highest BCUT2D eigenvalue weighted by atomic mass is 33.1. The molecule has 0 saturated carbocycles. The highest BCUT2D eigenvalue weighted by Gasteiger charge is 2.30. The van der Waals surface area contributed by atoms with Crippen molar-refractivity contribution < 1.29 is 4.79 Å². The maximum absolute atomic E-state index is 11.4. The van der Waals surface area contributed by atoms with Crippen molar-refractivity contribution in [2.75, 3.05) is 20.1 Å². The van der Waals surface area contributed by atoms with Gasteiger partial charge < -0.3 is 10.6 Å². The van der Waals surface area contributed by atoms with Gasteiger partial charge in [-0.2, -0.15) is 0 Å². The van der Waals surface area contributed by atoms with E-state index >= 15 is 0 Å². The Morgan fingerprint density at radius 1 is 1.54 bits per heavy atom. The maximum Gasteiger partial charge on any atom is 0.234 e. The summed E-state index contributed by atoms with van der Waals surface area (Å²) in [7, 11) is 5.47. The van der Waals surface area contributed by atoms with E-state index in [-0.39, 0.29) is 11.2 Å². The van der Waals surface area contributed by atoms with Gasteiger partial charge in [-0.05, 0) is 20.4 Å². The Morgan fingerprint density at radius 2 is 2.31 bits per heavy atom. The lowest BCUT2D eigenvalue weighted by Crippen LogP contribution is -2.32. The smallest absolute Gasteiger partial charge is 0.234 e. The molecule has 13 heavy (non-hydrogen) atoms. The van der Waals surface area contributed by atoms with E-state index in [1.54, 1.807) is 10.8 Å². The van der Waals surface area contributed by atoms with Crippen LogP contribution in [-0.4, -0.2) is 36.5 Å². The lowest BCUT2D eigenvalue weighted by atomic mass is 10.2. The van der Waals surface area contributed by atoms with Gasteiger partial charge in [0.2, 0.25) is 5.91 Å². The third-order valence-corrected chi connectivity index (χ3v) is 5.09. The summed E-state index contributed by atoms with van der Waals surface area (Å²) in [5.74, 6) is 0.193. The molecule has 0 bridgehead atoms. The van der Waals surface area contributed by atoms with Crippen molar-refractivity contribution >= 4 is 27.5 Å². The van der Waals surface area contributed by atoms with Crippen LogP contribution in [-0.2, 0) is 4.79 Å². The number of hydrogen-bond donors (Lipinski definition) is 2. The molecule has 0 aromatic carbocycles. The second-order valence-corrected chi connectivity index (χ2v) is 5.77. The monoisotopic (exact) mass is 220 g/mol. The van der Waals surface area contributed by atoms with Crippen LogP contribution in [0, 0.1) is 0 Å². The van der Waals surface area contributed by atoms with Crippen LogP contribution in [0.5, 0.6) is 0 Å². The fourth-order valence-corrected chi connectivity index (χ4v) is 4.46. The Bertz CT molecular complexity index is 178. The van der Waals surface area contributed by atoms with Gasteiger partial charge in [0.15, 0.2) is 0 Å². The number of amides is 1. The second kappa shape index (κ2) is 5.78. The van der Waals surface area contributed by atoms with Gasteiger partial charge in [0.1, 0.15) is 0 Å². The second-order valence-electron chi connectivity index (χ2n) is 2.99. The van der Waals surface area contributed by atoms with Gasteiger partial charge in [-0.3, -0.25) is 4.79 Å². The first-order chi connectivity index (χ1) is 6.27. The van der Waals surface area contributed by atoms with Crippen LogP contribution in [0.4, 0.5) is 0 Å². The molecule has 2 N–H and O–H groups in total. The molecule has 0 aromatic heterocycles. The van der Waals surface area contributed by atoms with Gasteiger partial charge in [-0.15, -0.1) is 0 Å².